The van der Waals surface area contributed by atoms with Crippen LogP contribution < -0.4 is 15.1 Å². The summed E-state index contributed by atoms with van der Waals surface area (Å²) in [5, 5.41) is 30.3. The fraction of sp³-hybridized carbons (Fsp3) is 0.565. The van der Waals surface area contributed by atoms with Crippen molar-refractivity contribution in [2.24, 2.45) is 49.6 Å². The molecule has 4 fully saturated rings. The van der Waals surface area contributed by atoms with Crippen LogP contribution in [0.4, 0.5) is 21.2 Å². The Hall–Kier alpha value is -6.20. The molecule has 6 atom stereocenters. The smallest absolute Gasteiger partial charge is 0.407 e. The summed E-state index contributed by atoms with van der Waals surface area (Å²) >= 11 is 0. The minimum Gasteiger partial charge on any atom is -0.465 e. The van der Waals surface area contributed by atoms with Gasteiger partial charge in [-0.1, -0.05) is 0 Å². The summed E-state index contributed by atoms with van der Waals surface area (Å²) in [6.45, 7) is 16.5. The Kier molecular flexibility index (Phi) is 11.3. The lowest BCUT2D eigenvalue weighted by Crippen LogP contribution is -2.52. The van der Waals surface area contributed by atoms with Crippen LogP contribution in [-0.4, -0.2) is 121 Å². The van der Waals surface area contributed by atoms with Gasteiger partial charge in [-0.3, -0.25) is 9.36 Å². The van der Waals surface area contributed by atoms with E-state index in [9.17, 15) is 14.7 Å². The molecule has 6 aromatic rings. The number of carboxylic acid groups (broad SMARTS) is 1. The summed E-state index contributed by atoms with van der Waals surface area (Å²) in [7, 11) is 3.81. The largest absolute Gasteiger partial charge is 0.465 e. The number of anilines is 2. The molecule has 2 saturated carbocycles. The number of alkyl carbamates (subject to hydrolysis) is 1. The van der Waals surface area contributed by atoms with Gasteiger partial charge in [0.15, 0.2) is 11.6 Å². The van der Waals surface area contributed by atoms with E-state index >= 15 is 0 Å². The number of nitrogens with zero attached hydrogens (tertiary/aromatic N) is 13. The number of carbonyl (C=O) groups is 2. The van der Waals surface area contributed by atoms with Crippen LogP contribution in [0.1, 0.15) is 67.2 Å². The van der Waals surface area contributed by atoms with E-state index in [1.165, 1.54) is 12.8 Å². The molecule has 340 valence electrons. The van der Waals surface area contributed by atoms with Crippen LogP contribution in [0.25, 0.3) is 33.5 Å². The van der Waals surface area contributed by atoms with E-state index in [1.807, 2.05) is 126 Å². The van der Waals surface area contributed by atoms with E-state index < -0.39 is 17.2 Å². The van der Waals surface area contributed by atoms with Crippen molar-refractivity contribution in [1.82, 2.24) is 59.0 Å². The third kappa shape index (κ3) is 8.82. The van der Waals surface area contributed by atoms with E-state index in [2.05, 4.69) is 35.5 Å². The van der Waals surface area contributed by atoms with Crippen LogP contribution in [0.15, 0.2) is 61.7 Å². The average Bonchev–Trinajstić information content (AvgIpc) is 4.10. The van der Waals surface area contributed by atoms with E-state index in [0.29, 0.717) is 48.6 Å². The summed E-state index contributed by atoms with van der Waals surface area (Å²) < 4.78 is 12.8. The van der Waals surface area contributed by atoms with E-state index in [1.54, 1.807) is 14.3 Å². The maximum absolute atomic E-state index is 12.1. The number of carbonyl (C=O) groups excluding carboxylic acids is 1. The Labute approximate surface area is 373 Å². The highest BCUT2D eigenvalue weighted by Gasteiger charge is 2.46. The van der Waals surface area contributed by atoms with Gasteiger partial charge < -0.3 is 29.9 Å². The molecule has 2 saturated heterocycles. The maximum atomic E-state index is 12.1. The van der Waals surface area contributed by atoms with Gasteiger partial charge in [0.25, 0.3) is 0 Å². The van der Waals surface area contributed by atoms with E-state index in [0.717, 1.165) is 84.2 Å². The second-order valence-electron chi connectivity index (χ2n) is 20.3. The van der Waals surface area contributed by atoms with Crippen molar-refractivity contribution in [2.45, 2.75) is 78.4 Å². The second-order valence-corrected chi connectivity index (χ2v) is 20.3. The molecular weight excluding hydrogens is 813 g/mol. The molecule has 4 aliphatic rings. The van der Waals surface area contributed by atoms with Crippen LogP contribution >= 0.6 is 0 Å². The van der Waals surface area contributed by atoms with Crippen molar-refractivity contribution in [2.75, 3.05) is 49.1 Å². The molecule has 2 unspecified atom stereocenters. The first-order valence-electron chi connectivity index (χ1n) is 22.6. The molecule has 4 bridgehead atoms. The van der Waals surface area contributed by atoms with Gasteiger partial charge in [0.05, 0.1) is 48.6 Å². The van der Waals surface area contributed by atoms with Crippen molar-refractivity contribution in [1.29, 1.82) is 0 Å². The van der Waals surface area contributed by atoms with Crippen LogP contribution in [0, 0.1) is 35.5 Å². The number of nitrogens with one attached hydrogen (secondary N) is 1. The minimum absolute atomic E-state index is 0.328. The Balaban J connectivity index is 0.000000162. The standard InChI is InChI=1S/2C23H31N7O2/c1-23(2,3)32-22(31)24-10-18-15-5-6-16(18)13-29(12-15)21-20-7-8-25-30(20)14-19(27-21)17-9-26-28(4)11-17;1-23(2,3)29(22(31)32)13-18-15-5-6-16(18)12-28(11-15)21-20-7-8-24-30(20)14-19(26-21)17-9-25-27(4)10-17/h7-9,11,14-16,18H,5-6,10,12-13H2,1-4H3,(H,24,31);7-10,14-16,18H,5-6,11-13H2,1-4H3,(H,31,32)/t2*15-,16+,18?. The number of hydrogen-bond acceptors (Lipinski definition) is 11. The van der Waals surface area contributed by atoms with Crippen molar-refractivity contribution >= 4 is 34.9 Å². The molecule has 6 aromatic heterocycles. The topological polar surface area (TPSA) is 181 Å². The number of amides is 2. The summed E-state index contributed by atoms with van der Waals surface area (Å²) in [5.41, 5.74) is 4.80. The van der Waals surface area contributed by atoms with Crippen molar-refractivity contribution < 1.29 is 19.4 Å². The van der Waals surface area contributed by atoms with Crippen molar-refractivity contribution in [3.05, 3.63) is 61.7 Å². The monoisotopic (exact) mass is 875 g/mol. The van der Waals surface area contributed by atoms with Gasteiger partial charge in [0, 0.05) is 82.4 Å². The lowest BCUT2D eigenvalue weighted by molar-refractivity contribution is 0.0507. The predicted molar refractivity (Wildman–Crippen MR) is 243 cm³/mol. The molecule has 0 aromatic carbocycles. The molecule has 18 nitrogen and oxygen atoms in total. The Morgan fingerprint density at radius 2 is 1.16 bits per heavy atom. The quantitative estimate of drug-likeness (QED) is 0.170. The Morgan fingerprint density at radius 3 is 1.55 bits per heavy atom. The molecule has 2 aliphatic carbocycles. The minimum atomic E-state index is -0.828. The lowest BCUT2D eigenvalue weighted by atomic mass is 9.83. The number of fused-ring (bicyclic) bond motifs is 6. The molecule has 2 aliphatic heterocycles. The third-order valence-electron chi connectivity index (χ3n) is 13.7. The first-order valence-corrected chi connectivity index (χ1v) is 22.6. The van der Waals surface area contributed by atoms with E-state index in [-0.39, 0.29) is 6.09 Å². The van der Waals surface area contributed by atoms with Crippen LogP contribution in [0.3, 0.4) is 0 Å². The van der Waals surface area contributed by atoms with Gasteiger partial charge in [-0.05, 0) is 115 Å². The zero-order valence-electron chi connectivity index (χ0n) is 38.3. The summed E-state index contributed by atoms with van der Waals surface area (Å²) in [6.07, 6.45) is 18.6. The lowest BCUT2D eigenvalue weighted by Gasteiger charge is -2.43. The summed E-state index contributed by atoms with van der Waals surface area (Å²) in [6, 6.07) is 4.03. The van der Waals surface area contributed by atoms with Crippen LogP contribution in [0.5, 0.6) is 0 Å². The molecular formula is C46H62N14O4. The Morgan fingerprint density at radius 1 is 0.703 bits per heavy atom. The van der Waals surface area contributed by atoms with E-state index in [4.69, 9.17) is 14.7 Å². The van der Waals surface area contributed by atoms with Gasteiger partial charge >= 0.3 is 12.2 Å². The summed E-state index contributed by atoms with van der Waals surface area (Å²) in [5.74, 6) is 4.76. The molecule has 0 spiro atoms. The molecule has 2 amide bonds. The zero-order valence-corrected chi connectivity index (χ0v) is 38.3. The highest BCUT2D eigenvalue weighted by Crippen LogP contribution is 2.45. The van der Waals surface area contributed by atoms with Crippen LogP contribution in [0.2, 0.25) is 0 Å². The third-order valence-corrected chi connectivity index (χ3v) is 13.7. The van der Waals surface area contributed by atoms with Crippen molar-refractivity contribution in [3.8, 4) is 22.5 Å². The zero-order chi connectivity index (χ0) is 45.1. The fourth-order valence-corrected chi connectivity index (χ4v) is 10.7. The van der Waals surface area contributed by atoms with Crippen LogP contribution in [-0.2, 0) is 18.8 Å². The normalized spacial score (nSPS) is 23.1. The first-order chi connectivity index (χ1) is 30.5. The molecule has 2 N–H and O–H groups in total. The first kappa shape index (κ1) is 43.1. The van der Waals surface area contributed by atoms with Gasteiger partial charge in [-0.2, -0.15) is 20.4 Å². The predicted octanol–water partition coefficient (Wildman–Crippen LogP) is 6.49. The molecule has 64 heavy (non-hydrogen) atoms. The number of rotatable bonds is 8. The highest BCUT2D eigenvalue weighted by atomic mass is 16.6. The number of piperidine rings is 2. The van der Waals surface area contributed by atoms with Gasteiger partial charge in [0.1, 0.15) is 16.6 Å². The highest BCUT2D eigenvalue weighted by molar-refractivity contribution is 5.74. The number of ether oxygens (including phenoxy) is 1. The number of aromatic nitrogens is 10. The number of hydrogen-bond donors (Lipinski definition) is 2. The van der Waals surface area contributed by atoms with Crippen molar-refractivity contribution in [3.63, 3.8) is 0 Å². The van der Waals surface area contributed by atoms with Gasteiger partial charge in [-0.25, -0.2) is 28.6 Å². The fourth-order valence-electron chi connectivity index (χ4n) is 10.7. The maximum Gasteiger partial charge on any atom is 0.407 e. The molecule has 0 radical (unpaired) electrons. The summed E-state index contributed by atoms with van der Waals surface area (Å²) in [4.78, 5) is 40.5. The molecule has 18 heteroatoms. The van der Waals surface area contributed by atoms with Gasteiger partial charge in [0.2, 0.25) is 0 Å². The number of aryl methyl sites for hydroxylation is 2. The Bertz CT molecular complexity index is 2600. The second kappa shape index (κ2) is 16.7. The molecule has 8 heterocycles. The average molecular weight is 875 g/mol. The SMILES string of the molecule is Cn1cc(-c2cn3nccc3c(N3C[C@H]4CC[C@@H](C3)C4CN(C(=O)O)C(C)(C)C)n2)cn1.Cn1cc(-c2cn3nccc3c(N3C[C@H]4CC[C@@H](C3)C4CNC(=O)OC(C)(C)C)n2)cn1. The van der Waals surface area contributed by atoms with Gasteiger partial charge in [-0.15, -0.1) is 0 Å². The molecule has 10 rings (SSSR count).